The molecule has 1 unspecified atom stereocenters. The van der Waals surface area contributed by atoms with E-state index in [2.05, 4.69) is 5.32 Å². The van der Waals surface area contributed by atoms with E-state index in [1.54, 1.807) is 13.0 Å². The molecule has 0 radical (unpaired) electrons. The molecule has 1 aliphatic heterocycles. The fourth-order valence-electron chi connectivity index (χ4n) is 2.35. The predicted octanol–water partition coefficient (Wildman–Crippen LogP) is 0.799. The molecule has 1 amide bonds. The van der Waals surface area contributed by atoms with Crippen LogP contribution < -0.4 is 10.5 Å². The number of benzene rings is 1. The van der Waals surface area contributed by atoms with Gasteiger partial charge in [0.05, 0.1) is 4.90 Å². The molecule has 6 nitrogen and oxygen atoms in total. The van der Waals surface area contributed by atoms with E-state index in [1.165, 1.54) is 12.1 Å². The highest BCUT2D eigenvalue weighted by molar-refractivity contribution is 7.89. The largest absolute Gasteiger partial charge is 0.381 e. The Morgan fingerprint density at radius 2 is 2.19 bits per heavy atom. The molecule has 0 bridgehead atoms. The normalized spacial score (nSPS) is 18.7. The van der Waals surface area contributed by atoms with E-state index in [-0.39, 0.29) is 10.8 Å². The predicted molar refractivity (Wildman–Crippen MR) is 78.4 cm³/mol. The maximum absolute atomic E-state index is 12.1. The van der Waals surface area contributed by atoms with Crippen molar-refractivity contribution in [2.45, 2.75) is 24.7 Å². The van der Waals surface area contributed by atoms with Crippen LogP contribution in [0.5, 0.6) is 0 Å². The Balaban J connectivity index is 2.00. The molecule has 0 saturated carbocycles. The Hall–Kier alpha value is -1.44. The van der Waals surface area contributed by atoms with Gasteiger partial charge in [-0.1, -0.05) is 0 Å². The lowest BCUT2D eigenvalue weighted by Crippen LogP contribution is -2.26. The smallest absolute Gasteiger partial charge is 0.251 e. The van der Waals surface area contributed by atoms with Gasteiger partial charge in [0.1, 0.15) is 0 Å². The van der Waals surface area contributed by atoms with Crippen molar-refractivity contribution in [3.63, 3.8) is 0 Å². The Kier molecular flexibility index (Phi) is 4.97. The minimum Gasteiger partial charge on any atom is -0.381 e. The molecule has 1 saturated heterocycles. The van der Waals surface area contributed by atoms with Crippen molar-refractivity contribution in [2.75, 3.05) is 19.8 Å². The van der Waals surface area contributed by atoms with Gasteiger partial charge >= 0.3 is 0 Å². The second kappa shape index (κ2) is 6.55. The molecule has 1 fully saturated rings. The summed E-state index contributed by atoms with van der Waals surface area (Å²) in [5.74, 6) is 0.199. The van der Waals surface area contributed by atoms with E-state index >= 15 is 0 Å². The number of carbonyl (C=O) groups is 1. The van der Waals surface area contributed by atoms with E-state index in [0.29, 0.717) is 23.6 Å². The second-order valence-electron chi connectivity index (χ2n) is 5.35. The van der Waals surface area contributed by atoms with Gasteiger partial charge in [0.2, 0.25) is 10.0 Å². The van der Waals surface area contributed by atoms with Crippen molar-refractivity contribution in [3.05, 3.63) is 29.3 Å². The minimum atomic E-state index is -3.81. The average molecular weight is 312 g/mol. The van der Waals surface area contributed by atoms with Crippen molar-refractivity contribution in [2.24, 2.45) is 11.1 Å². The number of aryl methyl sites for hydroxylation is 1. The lowest BCUT2D eigenvalue weighted by molar-refractivity contribution is 0.0950. The van der Waals surface area contributed by atoms with Gasteiger partial charge in [-0.25, -0.2) is 13.6 Å². The lowest BCUT2D eigenvalue weighted by Gasteiger charge is -2.10. The van der Waals surface area contributed by atoms with Crippen molar-refractivity contribution in [1.82, 2.24) is 5.32 Å². The van der Waals surface area contributed by atoms with Crippen molar-refractivity contribution < 1.29 is 17.9 Å². The number of amides is 1. The summed E-state index contributed by atoms with van der Waals surface area (Å²) in [5.41, 5.74) is 0.984. The number of carbonyl (C=O) groups excluding carboxylic acids is 1. The summed E-state index contributed by atoms with van der Waals surface area (Å²) in [5, 5.41) is 7.91. The van der Waals surface area contributed by atoms with Crippen molar-refractivity contribution >= 4 is 15.9 Å². The molecule has 1 heterocycles. The highest BCUT2D eigenvalue weighted by Crippen LogP contribution is 2.16. The number of primary sulfonamides is 1. The van der Waals surface area contributed by atoms with Gasteiger partial charge in [-0.05, 0) is 49.4 Å². The first kappa shape index (κ1) is 15.9. The number of ether oxygens (including phenoxy) is 1. The molecule has 1 aromatic carbocycles. The maximum atomic E-state index is 12.1. The maximum Gasteiger partial charge on any atom is 0.251 e. The molecular formula is C14H20N2O4S. The van der Waals surface area contributed by atoms with Crippen LogP contribution >= 0.6 is 0 Å². The fraction of sp³-hybridized carbons (Fsp3) is 0.500. The van der Waals surface area contributed by atoms with Crippen molar-refractivity contribution in [3.8, 4) is 0 Å². The Labute approximate surface area is 124 Å². The highest BCUT2D eigenvalue weighted by Gasteiger charge is 2.16. The molecule has 0 aromatic heterocycles. The molecule has 1 aromatic rings. The topological polar surface area (TPSA) is 98.5 Å². The molecular weight excluding hydrogens is 292 g/mol. The number of rotatable bonds is 5. The first-order chi connectivity index (χ1) is 9.86. The highest BCUT2D eigenvalue weighted by atomic mass is 32.2. The number of nitrogens with one attached hydrogen (secondary N) is 1. The van der Waals surface area contributed by atoms with Gasteiger partial charge in [0.25, 0.3) is 5.91 Å². The third-order valence-electron chi connectivity index (χ3n) is 3.50. The van der Waals surface area contributed by atoms with Crippen LogP contribution in [0.1, 0.15) is 28.8 Å². The average Bonchev–Trinajstić information content (AvgIpc) is 2.90. The van der Waals surface area contributed by atoms with Gasteiger partial charge in [-0.15, -0.1) is 0 Å². The van der Waals surface area contributed by atoms with Crippen LogP contribution in [-0.4, -0.2) is 34.1 Å². The summed E-state index contributed by atoms with van der Waals surface area (Å²) in [6.45, 7) is 3.80. The van der Waals surface area contributed by atoms with Gasteiger partial charge in [-0.3, -0.25) is 4.79 Å². The summed E-state index contributed by atoms with van der Waals surface area (Å²) in [4.78, 5) is 12.0. The third-order valence-corrected chi connectivity index (χ3v) is 4.40. The summed E-state index contributed by atoms with van der Waals surface area (Å²) in [6, 6.07) is 4.39. The van der Waals surface area contributed by atoms with Crippen LogP contribution in [0.2, 0.25) is 0 Å². The standard InChI is InChI=1S/C14H20N2O4S/c1-10-6-12(8-13(7-10)21(15,18)19)14(17)16-4-2-11-3-5-20-9-11/h6-8,11H,2-5,9H2,1H3,(H,16,17)(H2,15,18,19). The first-order valence-corrected chi connectivity index (χ1v) is 8.41. The van der Waals surface area contributed by atoms with Gasteiger partial charge in [0.15, 0.2) is 0 Å². The summed E-state index contributed by atoms with van der Waals surface area (Å²) < 4.78 is 28.0. The monoisotopic (exact) mass is 312 g/mol. The molecule has 2 rings (SSSR count). The SMILES string of the molecule is Cc1cc(C(=O)NCCC2CCOC2)cc(S(N)(=O)=O)c1. The van der Waals surface area contributed by atoms with E-state index in [9.17, 15) is 13.2 Å². The van der Waals surface area contributed by atoms with Crippen LogP contribution in [0.25, 0.3) is 0 Å². The fourth-order valence-corrected chi connectivity index (χ4v) is 2.99. The van der Waals surface area contributed by atoms with E-state index in [1.807, 2.05) is 0 Å². The lowest BCUT2D eigenvalue weighted by atomic mass is 10.1. The van der Waals surface area contributed by atoms with Crippen LogP contribution in [0.4, 0.5) is 0 Å². The van der Waals surface area contributed by atoms with Gasteiger partial charge in [0, 0.05) is 25.3 Å². The first-order valence-electron chi connectivity index (χ1n) is 6.86. The molecule has 3 N–H and O–H groups in total. The molecule has 1 atom stereocenters. The number of nitrogens with two attached hydrogens (primary N) is 1. The molecule has 21 heavy (non-hydrogen) atoms. The van der Waals surface area contributed by atoms with Crippen LogP contribution in [0.15, 0.2) is 23.1 Å². The summed E-state index contributed by atoms with van der Waals surface area (Å²) >= 11 is 0. The molecule has 116 valence electrons. The Bertz CT molecular complexity index is 622. The molecule has 7 heteroatoms. The van der Waals surface area contributed by atoms with E-state index < -0.39 is 10.0 Å². The minimum absolute atomic E-state index is 0.0446. The number of sulfonamides is 1. The molecule has 1 aliphatic rings. The zero-order valence-corrected chi connectivity index (χ0v) is 12.8. The van der Waals surface area contributed by atoms with E-state index in [4.69, 9.17) is 9.88 Å². The van der Waals surface area contributed by atoms with Gasteiger partial charge < -0.3 is 10.1 Å². The molecule has 0 spiro atoms. The number of hydrogen-bond donors (Lipinski definition) is 2. The zero-order chi connectivity index (χ0) is 15.5. The van der Waals surface area contributed by atoms with Crippen LogP contribution in [-0.2, 0) is 14.8 Å². The summed E-state index contributed by atoms with van der Waals surface area (Å²) in [7, 11) is -3.81. The zero-order valence-electron chi connectivity index (χ0n) is 12.0. The Morgan fingerprint density at radius 3 is 2.81 bits per heavy atom. The van der Waals surface area contributed by atoms with E-state index in [0.717, 1.165) is 26.1 Å². The van der Waals surface area contributed by atoms with Crippen molar-refractivity contribution in [1.29, 1.82) is 0 Å². The quantitative estimate of drug-likeness (QED) is 0.840. The third kappa shape index (κ3) is 4.52. The Morgan fingerprint density at radius 1 is 1.43 bits per heavy atom. The molecule has 0 aliphatic carbocycles. The second-order valence-corrected chi connectivity index (χ2v) is 6.92. The number of hydrogen-bond acceptors (Lipinski definition) is 4. The summed E-state index contributed by atoms with van der Waals surface area (Å²) in [6.07, 6.45) is 1.88. The van der Waals surface area contributed by atoms with Crippen LogP contribution in [0.3, 0.4) is 0 Å². The van der Waals surface area contributed by atoms with Crippen LogP contribution in [0, 0.1) is 12.8 Å². The van der Waals surface area contributed by atoms with Gasteiger partial charge in [-0.2, -0.15) is 0 Å².